The molecule has 0 aliphatic rings. The molecule has 120 valence electrons. The number of nitrogens with one attached hydrogen (secondary N) is 1. The van der Waals surface area contributed by atoms with Crippen LogP contribution in [0.15, 0.2) is 77.4 Å². The Hall–Kier alpha value is -2.66. The summed E-state index contributed by atoms with van der Waals surface area (Å²) < 4.78 is 6.43. The van der Waals surface area contributed by atoms with Crippen LogP contribution in [0.1, 0.15) is 15.9 Å². The third kappa shape index (κ3) is 4.20. The van der Waals surface area contributed by atoms with Gasteiger partial charge < -0.3 is 10.1 Å². The molecule has 1 amide bonds. The van der Waals surface area contributed by atoms with Gasteiger partial charge >= 0.3 is 0 Å². The average molecular weight is 383 g/mol. The van der Waals surface area contributed by atoms with E-state index >= 15 is 0 Å². The van der Waals surface area contributed by atoms with Gasteiger partial charge in [-0.05, 0) is 45.8 Å². The Labute approximate surface area is 148 Å². The van der Waals surface area contributed by atoms with Crippen molar-refractivity contribution in [2.75, 3.05) is 5.32 Å². The number of amides is 1. The van der Waals surface area contributed by atoms with Gasteiger partial charge in [-0.1, -0.05) is 48.5 Å². The molecule has 5 heteroatoms. The number of carbonyl (C=O) groups excluding carboxylic acids is 1. The van der Waals surface area contributed by atoms with E-state index in [-0.39, 0.29) is 5.91 Å². The second-order valence-corrected chi connectivity index (χ2v) is 5.89. The van der Waals surface area contributed by atoms with Gasteiger partial charge in [0.25, 0.3) is 5.91 Å². The first-order valence-corrected chi connectivity index (χ1v) is 8.21. The maximum atomic E-state index is 12.3. The summed E-state index contributed by atoms with van der Waals surface area (Å²) in [6, 6.07) is 22.3. The molecule has 0 aliphatic heterocycles. The lowest BCUT2D eigenvalue weighted by Crippen LogP contribution is -2.13. The standard InChI is InChI=1S/C19H15BrN2O2/c20-17-12-11-16(21-18(23)15-9-5-2-6-10-15)19(22-17)24-13-14-7-3-1-4-8-14/h1-12H,13H2,(H,21,23). The van der Waals surface area contributed by atoms with Crippen LogP contribution in [-0.2, 0) is 6.61 Å². The third-order valence-corrected chi connectivity index (χ3v) is 3.77. The van der Waals surface area contributed by atoms with E-state index < -0.39 is 0 Å². The zero-order chi connectivity index (χ0) is 16.8. The molecule has 2 aromatic carbocycles. The van der Waals surface area contributed by atoms with Gasteiger partial charge in [0.15, 0.2) is 0 Å². The first-order valence-electron chi connectivity index (χ1n) is 7.42. The highest BCUT2D eigenvalue weighted by molar-refractivity contribution is 9.10. The summed E-state index contributed by atoms with van der Waals surface area (Å²) in [4.78, 5) is 16.6. The molecule has 3 rings (SSSR count). The minimum Gasteiger partial charge on any atom is -0.471 e. The van der Waals surface area contributed by atoms with Gasteiger partial charge in [0, 0.05) is 5.56 Å². The van der Waals surface area contributed by atoms with Crippen LogP contribution in [0.2, 0.25) is 0 Å². The number of aromatic nitrogens is 1. The van der Waals surface area contributed by atoms with Crippen LogP contribution in [0.3, 0.4) is 0 Å². The van der Waals surface area contributed by atoms with Crippen LogP contribution in [0.25, 0.3) is 0 Å². The monoisotopic (exact) mass is 382 g/mol. The van der Waals surface area contributed by atoms with Crippen LogP contribution >= 0.6 is 15.9 Å². The Morgan fingerprint density at radius 1 is 0.958 bits per heavy atom. The highest BCUT2D eigenvalue weighted by Gasteiger charge is 2.12. The Morgan fingerprint density at radius 3 is 2.33 bits per heavy atom. The van der Waals surface area contributed by atoms with Crippen LogP contribution in [-0.4, -0.2) is 10.9 Å². The van der Waals surface area contributed by atoms with Gasteiger partial charge in [-0.15, -0.1) is 0 Å². The molecule has 0 saturated heterocycles. The zero-order valence-corrected chi connectivity index (χ0v) is 14.4. The highest BCUT2D eigenvalue weighted by atomic mass is 79.9. The summed E-state index contributed by atoms with van der Waals surface area (Å²) in [6.45, 7) is 0.374. The second-order valence-electron chi connectivity index (χ2n) is 5.08. The molecule has 1 N–H and O–H groups in total. The van der Waals surface area contributed by atoms with Crippen LogP contribution in [0.5, 0.6) is 5.88 Å². The summed E-state index contributed by atoms with van der Waals surface area (Å²) in [6.07, 6.45) is 0. The number of benzene rings is 2. The molecule has 0 spiro atoms. The van der Waals surface area contributed by atoms with E-state index in [2.05, 4.69) is 26.2 Å². The smallest absolute Gasteiger partial charge is 0.255 e. The first-order chi connectivity index (χ1) is 11.7. The number of nitrogens with zero attached hydrogens (tertiary/aromatic N) is 1. The molecule has 4 nitrogen and oxygen atoms in total. The van der Waals surface area contributed by atoms with Crippen molar-refractivity contribution in [2.24, 2.45) is 0 Å². The predicted molar refractivity (Wildman–Crippen MR) is 97.1 cm³/mol. The molecule has 3 aromatic rings. The van der Waals surface area contributed by atoms with E-state index in [0.29, 0.717) is 28.3 Å². The Morgan fingerprint density at radius 2 is 1.62 bits per heavy atom. The van der Waals surface area contributed by atoms with E-state index in [0.717, 1.165) is 5.56 Å². The molecule has 0 saturated carbocycles. The number of ether oxygens (including phenoxy) is 1. The molecule has 0 radical (unpaired) electrons. The minimum atomic E-state index is -0.204. The minimum absolute atomic E-state index is 0.204. The fourth-order valence-electron chi connectivity index (χ4n) is 2.13. The number of carbonyl (C=O) groups is 1. The van der Waals surface area contributed by atoms with Gasteiger partial charge in [-0.2, -0.15) is 0 Å². The van der Waals surface area contributed by atoms with Gasteiger partial charge in [-0.25, -0.2) is 4.98 Å². The average Bonchev–Trinajstić information content (AvgIpc) is 2.63. The lowest BCUT2D eigenvalue weighted by atomic mass is 10.2. The lowest BCUT2D eigenvalue weighted by molar-refractivity contribution is 0.102. The first kappa shape index (κ1) is 16.2. The fraction of sp³-hybridized carbons (Fsp3) is 0.0526. The topological polar surface area (TPSA) is 51.2 Å². The molecule has 24 heavy (non-hydrogen) atoms. The van der Waals surface area contributed by atoms with Crippen LogP contribution in [0, 0.1) is 0 Å². The molecule has 0 unspecified atom stereocenters. The molecular weight excluding hydrogens is 368 g/mol. The molecule has 0 atom stereocenters. The maximum Gasteiger partial charge on any atom is 0.255 e. The van der Waals surface area contributed by atoms with E-state index in [1.54, 1.807) is 24.3 Å². The molecule has 0 bridgehead atoms. The summed E-state index contributed by atoms with van der Waals surface area (Å²) >= 11 is 3.33. The number of hydrogen-bond donors (Lipinski definition) is 1. The summed E-state index contributed by atoms with van der Waals surface area (Å²) in [5.41, 5.74) is 2.14. The van der Waals surface area contributed by atoms with Crippen LogP contribution in [0.4, 0.5) is 5.69 Å². The van der Waals surface area contributed by atoms with Crippen molar-refractivity contribution in [3.63, 3.8) is 0 Å². The summed E-state index contributed by atoms with van der Waals surface area (Å²) in [5, 5.41) is 2.84. The lowest BCUT2D eigenvalue weighted by Gasteiger charge is -2.12. The fourth-order valence-corrected chi connectivity index (χ4v) is 2.43. The SMILES string of the molecule is O=C(Nc1ccc(Br)nc1OCc1ccccc1)c1ccccc1. The van der Waals surface area contributed by atoms with E-state index in [4.69, 9.17) is 4.74 Å². The van der Waals surface area contributed by atoms with Crippen molar-refractivity contribution in [2.45, 2.75) is 6.61 Å². The third-order valence-electron chi connectivity index (χ3n) is 3.33. The molecule has 1 aromatic heterocycles. The summed E-state index contributed by atoms with van der Waals surface area (Å²) in [5.74, 6) is 0.168. The Bertz CT molecular complexity index is 823. The van der Waals surface area contributed by atoms with Gasteiger partial charge in [0.2, 0.25) is 5.88 Å². The zero-order valence-electron chi connectivity index (χ0n) is 12.8. The number of halogens is 1. The van der Waals surface area contributed by atoms with Crippen molar-refractivity contribution in [1.29, 1.82) is 0 Å². The Kier molecular flexibility index (Phi) is 5.23. The highest BCUT2D eigenvalue weighted by Crippen LogP contribution is 2.26. The van der Waals surface area contributed by atoms with Crippen molar-refractivity contribution in [1.82, 2.24) is 4.98 Å². The van der Waals surface area contributed by atoms with Crippen LogP contribution < -0.4 is 10.1 Å². The normalized spacial score (nSPS) is 10.2. The number of anilines is 1. The van der Waals surface area contributed by atoms with E-state index in [1.165, 1.54) is 0 Å². The number of pyridine rings is 1. The van der Waals surface area contributed by atoms with E-state index in [9.17, 15) is 4.79 Å². The molecule has 0 aliphatic carbocycles. The van der Waals surface area contributed by atoms with Crippen molar-refractivity contribution in [3.05, 3.63) is 88.5 Å². The maximum absolute atomic E-state index is 12.3. The predicted octanol–water partition coefficient (Wildman–Crippen LogP) is 4.68. The Balaban J connectivity index is 1.77. The molecule has 0 fully saturated rings. The molecule has 1 heterocycles. The van der Waals surface area contributed by atoms with Gasteiger partial charge in [0.05, 0.1) is 0 Å². The van der Waals surface area contributed by atoms with Crippen molar-refractivity contribution >= 4 is 27.5 Å². The summed E-state index contributed by atoms with van der Waals surface area (Å²) in [7, 11) is 0. The van der Waals surface area contributed by atoms with E-state index in [1.807, 2.05) is 48.5 Å². The van der Waals surface area contributed by atoms with Crippen molar-refractivity contribution < 1.29 is 9.53 Å². The number of hydrogen-bond acceptors (Lipinski definition) is 3. The quantitative estimate of drug-likeness (QED) is 0.652. The van der Waals surface area contributed by atoms with Crippen molar-refractivity contribution in [3.8, 4) is 5.88 Å². The largest absolute Gasteiger partial charge is 0.471 e. The van der Waals surface area contributed by atoms with Gasteiger partial charge in [0.1, 0.15) is 16.9 Å². The number of rotatable bonds is 5. The molecular formula is C19H15BrN2O2. The second kappa shape index (κ2) is 7.75. The van der Waals surface area contributed by atoms with Gasteiger partial charge in [-0.3, -0.25) is 4.79 Å².